The van der Waals surface area contributed by atoms with E-state index in [1.54, 1.807) is 6.20 Å². The van der Waals surface area contributed by atoms with E-state index in [4.69, 9.17) is 4.98 Å². The van der Waals surface area contributed by atoms with Crippen molar-refractivity contribution in [1.82, 2.24) is 24.7 Å². The molecule has 1 amide bonds. The first-order valence-electron chi connectivity index (χ1n) is 13.7. The molecule has 9 nitrogen and oxygen atoms in total. The van der Waals surface area contributed by atoms with Crippen molar-refractivity contribution in [2.24, 2.45) is 0 Å². The number of rotatable bonds is 6. The second kappa shape index (κ2) is 11.6. The third-order valence-corrected chi connectivity index (χ3v) is 7.91. The van der Waals surface area contributed by atoms with E-state index >= 15 is 0 Å². The van der Waals surface area contributed by atoms with Gasteiger partial charge in [0.1, 0.15) is 6.07 Å². The summed E-state index contributed by atoms with van der Waals surface area (Å²) in [5, 5.41) is 10.5. The maximum absolute atomic E-state index is 12.4. The van der Waals surface area contributed by atoms with Gasteiger partial charge < -0.3 is 19.6 Å². The second-order valence-electron chi connectivity index (χ2n) is 11.0. The Morgan fingerprint density at radius 1 is 1.00 bits per heavy atom. The summed E-state index contributed by atoms with van der Waals surface area (Å²) in [5.74, 6) is 0.195. The molecule has 4 heterocycles. The quantitative estimate of drug-likeness (QED) is 0.485. The molecule has 2 aromatic heterocycles. The predicted molar refractivity (Wildman–Crippen MR) is 155 cm³/mol. The number of benzene rings is 1. The summed E-state index contributed by atoms with van der Waals surface area (Å²) in [6, 6.07) is 15.2. The molecule has 2 aliphatic heterocycles. The number of hydrogen-bond donors (Lipinski definition) is 0. The predicted octanol–water partition coefficient (Wildman–Crippen LogP) is 2.81. The van der Waals surface area contributed by atoms with E-state index < -0.39 is 0 Å². The van der Waals surface area contributed by atoms with Gasteiger partial charge in [0.05, 0.1) is 35.2 Å². The Labute approximate surface area is 231 Å². The summed E-state index contributed by atoms with van der Waals surface area (Å²) in [4.78, 5) is 32.8. The van der Waals surface area contributed by atoms with Gasteiger partial charge in [-0.15, -0.1) is 0 Å². The number of likely N-dealkylation sites (N-methyl/N-ethyl adjacent to an activating group) is 1. The summed E-state index contributed by atoms with van der Waals surface area (Å²) in [6.07, 6.45) is 3.73. The lowest BCUT2D eigenvalue weighted by molar-refractivity contribution is -0.132. The first kappa shape index (κ1) is 26.9. The zero-order valence-corrected chi connectivity index (χ0v) is 23.4. The number of pyridine rings is 2. The highest BCUT2D eigenvalue weighted by Gasteiger charge is 2.31. The SMILES string of the molecule is C[C@@H]1CN(c2ccc(C#N)c3ncccc23)C[C@H](C)N1Cc1ccc(N2CCN(C(=O)CN(C)C)CC2)cn1. The topological polar surface area (TPSA) is 82.8 Å². The third kappa shape index (κ3) is 5.82. The number of carbonyl (C=O) groups is 1. The lowest BCUT2D eigenvalue weighted by Gasteiger charge is -2.45. The van der Waals surface area contributed by atoms with Gasteiger partial charge in [0.25, 0.3) is 0 Å². The average Bonchev–Trinajstić information content (AvgIpc) is 2.94. The minimum absolute atomic E-state index is 0.195. The number of amides is 1. The van der Waals surface area contributed by atoms with Crippen LogP contribution in [0.1, 0.15) is 25.1 Å². The highest BCUT2D eigenvalue weighted by molar-refractivity contribution is 5.95. The second-order valence-corrected chi connectivity index (χ2v) is 11.0. The van der Waals surface area contributed by atoms with E-state index in [-0.39, 0.29) is 5.91 Å². The molecule has 9 heteroatoms. The number of nitrogens with zero attached hydrogens (tertiary/aromatic N) is 8. The summed E-state index contributed by atoms with van der Waals surface area (Å²) in [7, 11) is 3.86. The van der Waals surface area contributed by atoms with Gasteiger partial charge in [0.15, 0.2) is 0 Å². The number of anilines is 2. The molecule has 0 N–H and O–H groups in total. The number of carbonyl (C=O) groups excluding carboxylic acids is 1. The van der Waals surface area contributed by atoms with Crippen LogP contribution in [0.25, 0.3) is 10.9 Å². The Morgan fingerprint density at radius 2 is 1.74 bits per heavy atom. The molecule has 0 bridgehead atoms. The van der Waals surface area contributed by atoms with Crippen molar-refractivity contribution < 1.29 is 4.79 Å². The van der Waals surface area contributed by atoms with Gasteiger partial charge >= 0.3 is 0 Å². The van der Waals surface area contributed by atoms with Gasteiger partial charge in [-0.05, 0) is 64.3 Å². The van der Waals surface area contributed by atoms with E-state index in [9.17, 15) is 10.1 Å². The molecule has 0 aliphatic carbocycles. The smallest absolute Gasteiger partial charge is 0.236 e. The van der Waals surface area contributed by atoms with Gasteiger partial charge in [-0.3, -0.25) is 19.7 Å². The third-order valence-electron chi connectivity index (χ3n) is 7.91. The molecular formula is C30H38N8O. The van der Waals surface area contributed by atoms with Crippen LogP contribution < -0.4 is 9.80 Å². The highest BCUT2D eigenvalue weighted by Crippen LogP contribution is 2.31. The van der Waals surface area contributed by atoms with Crippen LogP contribution in [0.5, 0.6) is 0 Å². The first-order valence-corrected chi connectivity index (χ1v) is 13.7. The normalized spacial score (nSPS) is 20.5. The molecule has 2 saturated heterocycles. The van der Waals surface area contributed by atoms with Gasteiger partial charge in [-0.25, -0.2) is 0 Å². The van der Waals surface area contributed by atoms with Crippen molar-refractivity contribution in [3.8, 4) is 6.07 Å². The minimum atomic E-state index is 0.195. The largest absolute Gasteiger partial charge is 0.368 e. The fourth-order valence-corrected chi connectivity index (χ4v) is 5.86. The van der Waals surface area contributed by atoms with E-state index in [2.05, 4.69) is 63.9 Å². The zero-order valence-electron chi connectivity index (χ0n) is 23.4. The number of piperazine rings is 2. The van der Waals surface area contributed by atoms with E-state index in [0.717, 1.165) is 73.8 Å². The van der Waals surface area contributed by atoms with E-state index in [1.807, 2.05) is 42.2 Å². The Kier molecular flexibility index (Phi) is 7.96. The highest BCUT2D eigenvalue weighted by atomic mass is 16.2. The van der Waals surface area contributed by atoms with Crippen LogP contribution in [0.4, 0.5) is 11.4 Å². The molecule has 2 fully saturated rings. The fraction of sp³-hybridized carbons (Fsp3) is 0.467. The molecule has 5 rings (SSSR count). The minimum Gasteiger partial charge on any atom is -0.368 e. The standard InChI is InChI=1S/C30H38N8O/c1-22-18-37(28-10-7-24(16-31)30-27(28)6-5-11-32-30)19-23(2)38(22)20-25-8-9-26(17-33-25)35-12-14-36(15-13-35)29(39)21-34(3)4/h5-11,17,22-23H,12-15,18-21H2,1-4H3/t22-,23+. The Bertz CT molecular complexity index is 1330. The van der Waals surface area contributed by atoms with Crippen molar-refractivity contribution in [2.45, 2.75) is 32.5 Å². The van der Waals surface area contributed by atoms with Crippen LogP contribution >= 0.6 is 0 Å². The maximum Gasteiger partial charge on any atom is 0.236 e. The van der Waals surface area contributed by atoms with Crippen molar-refractivity contribution in [1.29, 1.82) is 5.26 Å². The zero-order chi connectivity index (χ0) is 27.5. The lowest BCUT2D eigenvalue weighted by Crippen LogP contribution is -2.56. The van der Waals surface area contributed by atoms with Crippen LogP contribution in [0.15, 0.2) is 48.8 Å². The Hall–Kier alpha value is -3.74. The molecule has 2 aliphatic rings. The molecule has 39 heavy (non-hydrogen) atoms. The van der Waals surface area contributed by atoms with Crippen molar-refractivity contribution in [3.05, 3.63) is 60.0 Å². The fourth-order valence-electron chi connectivity index (χ4n) is 5.86. The van der Waals surface area contributed by atoms with E-state index in [0.29, 0.717) is 24.2 Å². The van der Waals surface area contributed by atoms with Gasteiger partial charge in [0.2, 0.25) is 5.91 Å². The molecular weight excluding hydrogens is 488 g/mol. The van der Waals surface area contributed by atoms with Gasteiger partial charge in [-0.2, -0.15) is 5.26 Å². The van der Waals surface area contributed by atoms with Crippen LogP contribution in [-0.2, 0) is 11.3 Å². The molecule has 204 valence electrons. The summed E-state index contributed by atoms with van der Waals surface area (Å²) < 4.78 is 0. The van der Waals surface area contributed by atoms with Gasteiger partial charge in [-0.1, -0.05) is 0 Å². The maximum atomic E-state index is 12.4. The van der Waals surface area contributed by atoms with Crippen LogP contribution in [0.3, 0.4) is 0 Å². The van der Waals surface area contributed by atoms with Crippen LogP contribution in [-0.4, -0.2) is 103 Å². The average molecular weight is 527 g/mol. The lowest BCUT2D eigenvalue weighted by atomic mass is 10.0. The summed E-state index contributed by atoms with van der Waals surface area (Å²) in [6.45, 7) is 10.8. The van der Waals surface area contributed by atoms with Crippen LogP contribution in [0.2, 0.25) is 0 Å². The first-order chi connectivity index (χ1) is 18.8. The summed E-state index contributed by atoms with van der Waals surface area (Å²) in [5.41, 5.74) is 4.71. The van der Waals surface area contributed by atoms with E-state index in [1.165, 1.54) is 0 Å². The van der Waals surface area contributed by atoms with Gasteiger partial charge in [0, 0.05) is 75.2 Å². The van der Waals surface area contributed by atoms with Crippen LogP contribution in [0, 0.1) is 11.3 Å². The number of hydrogen-bond acceptors (Lipinski definition) is 8. The molecule has 0 spiro atoms. The van der Waals surface area contributed by atoms with Crippen molar-refractivity contribution in [2.75, 3.05) is 69.7 Å². The molecule has 1 aromatic carbocycles. The van der Waals surface area contributed by atoms with Crippen molar-refractivity contribution >= 4 is 28.2 Å². The Morgan fingerprint density at radius 3 is 2.38 bits per heavy atom. The molecule has 0 radical (unpaired) electrons. The number of fused-ring (bicyclic) bond motifs is 1. The summed E-state index contributed by atoms with van der Waals surface area (Å²) >= 11 is 0. The molecule has 0 saturated carbocycles. The number of aromatic nitrogens is 2. The monoisotopic (exact) mass is 526 g/mol. The Balaban J connectivity index is 1.20. The molecule has 2 atom stereocenters. The molecule has 3 aromatic rings. The molecule has 0 unspecified atom stereocenters. The number of nitriles is 1. The van der Waals surface area contributed by atoms with Crippen molar-refractivity contribution in [3.63, 3.8) is 0 Å².